The van der Waals surface area contributed by atoms with Gasteiger partial charge in [-0.25, -0.2) is 4.31 Å². The van der Waals surface area contributed by atoms with E-state index in [-0.39, 0.29) is 0 Å². The highest BCUT2D eigenvalue weighted by Crippen LogP contribution is 2.29. The Bertz CT molecular complexity index is 115. The standard InChI is InChI=1S/C7H15NOS2/c1-6(2)9-7-4-8(5-7)11-10-3/h6-7H,4-5H2,1-3H3. The fraction of sp³-hybridized carbons (Fsp3) is 1.00. The van der Waals surface area contributed by atoms with Crippen LogP contribution in [0.15, 0.2) is 0 Å². The van der Waals surface area contributed by atoms with Gasteiger partial charge in [-0.15, -0.1) is 0 Å². The van der Waals surface area contributed by atoms with E-state index in [0.717, 1.165) is 13.1 Å². The zero-order chi connectivity index (χ0) is 8.27. The van der Waals surface area contributed by atoms with E-state index in [1.54, 1.807) is 10.8 Å². The maximum atomic E-state index is 5.60. The molecule has 0 spiro atoms. The van der Waals surface area contributed by atoms with E-state index in [4.69, 9.17) is 4.74 Å². The number of ether oxygens (including phenoxy) is 1. The summed E-state index contributed by atoms with van der Waals surface area (Å²) >= 11 is 0. The van der Waals surface area contributed by atoms with Gasteiger partial charge in [0.15, 0.2) is 0 Å². The first-order chi connectivity index (χ1) is 5.22. The van der Waals surface area contributed by atoms with Gasteiger partial charge in [-0.2, -0.15) is 0 Å². The Hall–Kier alpha value is 0.620. The van der Waals surface area contributed by atoms with Gasteiger partial charge in [-0.1, -0.05) is 10.8 Å². The minimum Gasteiger partial charge on any atom is -0.373 e. The van der Waals surface area contributed by atoms with Gasteiger partial charge in [0.1, 0.15) is 0 Å². The molecule has 1 heterocycles. The summed E-state index contributed by atoms with van der Waals surface area (Å²) < 4.78 is 7.92. The summed E-state index contributed by atoms with van der Waals surface area (Å²) in [6.45, 7) is 6.35. The molecule has 0 aromatic rings. The lowest BCUT2D eigenvalue weighted by Crippen LogP contribution is -2.48. The van der Waals surface area contributed by atoms with Crippen molar-refractivity contribution in [1.29, 1.82) is 0 Å². The molecule has 0 aromatic heterocycles. The zero-order valence-corrected chi connectivity index (χ0v) is 8.87. The fourth-order valence-corrected chi connectivity index (χ4v) is 2.70. The molecule has 11 heavy (non-hydrogen) atoms. The Morgan fingerprint density at radius 1 is 1.45 bits per heavy atom. The molecule has 1 rings (SSSR count). The lowest BCUT2D eigenvalue weighted by atomic mass is 10.2. The predicted octanol–water partition coefficient (Wildman–Crippen LogP) is 2.02. The third-order valence-corrected chi connectivity index (χ3v) is 3.20. The molecule has 1 saturated heterocycles. The van der Waals surface area contributed by atoms with Crippen LogP contribution in [-0.4, -0.2) is 35.9 Å². The Morgan fingerprint density at radius 2 is 2.09 bits per heavy atom. The molecule has 0 aliphatic carbocycles. The summed E-state index contributed by atoms with van der Waals surface area (Å²) in [6, 6.07) is 0. The molecular formula is C7H15NOS2. The zero-order valence-electron chi connectivity index (χ0n) is 7.24. The van der Waals surface area contributed by atoms with Crippen molar-refractivity contribution in [2.45, 2.75) is 26.1 Å². The normalized spacial score (nSPS) is 20.7. The largest absolute Gasteiger partial charge is 0.373 e. The van der Waals surface area contributed by atoms with E-state index in [0.29, 0.717) is 12.2 Å². The van der Waals surface area contributed by atoms with Crippen LogP contribution >= 0.6 is 21.8 Å². The molecule has 0 unspecified atom stereocenters. The quantitative estimate of drug-likeness (QED) is 0.500. The van der Waals surface area contributed by atoms with Gasteiger partial charge in [0.25, 0.3) is 0 Å². The van der Waals surface area contributed by atoms with Gasteiger partial charge in [0, 0.05) is 13.1 Å². The average molecular weight is 193 g/mol. The van der Waals surface area contributed by atoms with E-state index in [2.05, 4.69) is 24.4 Å². The lowest BCUT2D eigenvalue weighted by Gasteiger charge is -2.37. The lowest BCUT2D eigenvalue weighted by molar-refractivity contribution is -0.0484. The number of rotatable bonds is 4. The smallest absolute Gasteiger partial charge is 0.0851 e. The van der Waals surface area contributed by atoms with Gasteiger partial charge in [0.05, 0.1) is 12.2 Å². The summed E-state index contributed by atoms with van der Waals surface area (Å²) in [6.07, 6.45) is 2.96. The van der Waals surface area contributed by atoms with Crippen LogP contribution in [0.3, 0.4) is 0 Å². The fourth-order valence-electron chi connectivity index (χ4n) is 1.04. The molecule has 2 nitrogen and oxygen atoms in total. The first kappa shape index (κ1) is 9.71. The SMILES string of the molecule is CSSN1CC(OC(C)C)C1. The molecule has 1 aliphatic rings. The van der Waals surface area contributed by atoms with Gasteiger partial charge in [-0.3, -0.25) is 0 Å². The first-order valence-corrected chi connectivity index (χ1v) is 6.35. The summed E-state index contributed by atoms with van der Waals surface area (Å²) in [4.78, 5) is 0. The van der Waals surface area contributed by atoms with Crippen LogP contribution in [0.1, 0.15) is 13.8 Å². The van der Waals surface area contributed by atoms with Crippen molar-refractivity contribution < 1.29 is 4.74 Å². The van der Waals surface area contributed by atoms with Gasteiger partial charge in [0.2, 0.25) is 0 Å². The number of hydrogen-bond acceptors (Lipinski definition) is 4. The Kier molecular flexibility index (Phi) is 4.06. The van der Waals surface area contributed by atoms with Crippen LogP contribution in [0.25, 0.3) is 0 Å². The van der Waals surface area contributed by atoms with Crippen molar-refractivity contribution in [1.82, 2.24) is 4.31 Å². The van der Waals surface area contributed by atoms with Crippen LogP contribution in [0, 0.1) is 0 Å². The van der Waals surface area contributed by atoms with Crippen LogP contribution in [0.4, 0.5) is 0 Å². The van der Waals surface area contributed by atoms with Gasteiger partial charge >= 0.3 is 0 Å². The highest BCUT2D eigenvalue weighted by molar-refractivity contribution is 8.75. The van der Waals surface area contributed by atoms with Crippen molar-refractivity contribution in [2.75, 3.05) is 19.3 Å². The van der Waals surface area contributed by atoms with Crippen molar-refractivity contribution in [2.24, 2.45) is 0 Å². The minimum absolute atomic E-state index is 0.376. The van der Waals surface area contributed by atoms with E-state index < -0.39 is 0 Å². The van der Waals surface area contributed by atoms with E-state index in [9.17, 15) is 0 Å². The third-order valence-electron chi connectivity index (χ3n) is 1.46. The molecule has 0 aromatic carbocycles. The molecular weight excluding hydrogens is 178 g/mol. The predicted molar refractivity (Wildman–Crippen MR) is 52.7 cm³/mol. The number of nitrogens with zero attached hydrogens (tertiary/aromatic N) is 1. The summed E-state index contributed by atoms with van der Waals surface area (Å²) in [5.74, 6) is 0. The summed E-state index contributed by atoms with van der Waals surface area (Å²) in [5, 5.41) is 0. The van der Waals surface area contributed by atoms with Crippen molar-refractivity contribution in [3.63, 3.8) is 0 Å². The van der Waals surface area contributed by atoms with Crippen LogP contribution in [0.2, 0.25) is 0 Å². The highest BCUT2D eigenvalue weighted by Gasteiger charge is 2.28. The molecule has 0 saturated carbocycles. The molecule has 0 amide bonds. The van der Waals surface area contributed by atoms with E-state index in [1.807, 2.05) is 11.0 Å². The summed E-state index contributed by atoms with van der Waals surface area (Å²) in [5.41, 5.74) is 0. The maximum Gasteiger partial charge on any atom is 0.0851 e. The maximum absolute atomic E-state index is 5.60. The highest BCUT2D eigenvalue weighted by atomic mass is 33.1. The Labute approximate surface area is 76.6 Å². The second-order valence-corrected chi connectivity index (χ2v) is 5.34. The molecule has 0 N–H and O–H groups in total. The average Bonchev–Trinajstić information content (AvgIpc) is 1.82. The van der Waals surface area contributed by atoms with Crippen LogP contribution in [0.5, 0.6) is 0 Å². The molecule has 1 aliphatic heterocycles. The first-order valence-electron chi connectivity index (χ1n) is 3.83. The van der Waals surface area contributed by atoms with E-state index >= 15 is 0 Å². The molecule has 0 radical (unpaired) electrons. The van der Waals surface area contributed by atoms with Crippen LogP contribution in [-0.2, 0) is 4.74 Å². The van der Waals surface area contributed by atoms with E-state index in [1.165, 1.54) is 0 Å². The molecule has 66 valence electrons. The van der Waals surface area contributed by atoms with Crippen molar-refractivity contribution in [3.8, 4) is 0 Å². The Morgan fingerprint density at radius 3 is 2.55 bits per heavy atom. The second-order valence-electron chi connectivity index (χ2n) is 2.90. The molecule has 1 fully saturated rings. The third kappa shape index (κ3) is 3.23. The molecule has 4 heteroatoms. The summed E-state index contributed by atoms with van der Waals surface area (Å²) in [7, 11) is 3.61. The van der Waals surface area contributed by atoms with Crippen molar-refractivity contribution >= 4 is 21.8 Å². The van der Waals surface area contributed by atoms with Crippen molar-refractivity contribution in [3.05, 3.63) is 0 Å². The van der Waals surface area contributed by atoms with Gasteiger partial charge in [-0.05, 0) is 31.1 Å². The topological polar surface area (TPSA) is 12.5 Å². The number of hydrogen-bond donors (Lipinski definition) is 0. The monoisotopic (exact) mass is 193 g/mol. The van der Waals surface area contributed by atoms with Gasteiger partial charge < -0.3 is 4.74 Å². The minimum atomic E-state index is 0.376. The Balaban J connectivity index is 2.00. The molecule has 0 atom stereocenters. The second kappa shape index (κ2) is 4.60. The molecule has 0 bridgehead atoms. The van der Waals surface area contributed by atoms with Crippen LogP contribution < -0.4 is 0 Å².